The Morgan fingerprint density at radius 1 is 1.19 bits per heavy atom. The van der Waals surface area contributed by atoms with Gasteiger partial charge in [-0.05, 0) is 29.8 Å². The van der Waals surface area contributed by atoms with E-state index in [0.29, 0.717) is 5.69 Å². The smallest absolute Gasteiger partial charge is 0.226 e. The molecule has 2 N–H and O–H groups in total. The summed E-state index contributed by atoms with van der Waals surface area (Å²) in [5.74, 6) is 0. The Balaban J connectivity index is 2.35. The predicted molar refractivity (Wildman–Crippen MR) is 90.1 cm³/mol. The Hall–Kier alpha value is -1.53. The van der Waals surface area contributed by atoms with Crippen LogP contribution in [0.15, 0.2) is 57.9 Å². The van der Waals surface area contributed by atoms with Crippen LogP contribution in [0.1, 0.15) is 17.7 Å². The zero-order chi connectivity index (χ0) is 15.4. The largest absolute Gasteiger partial charge is 0.398 e. The van der Waals surface area contributed by atoms with Crippen LogP contribution in [0.2, 0.25) is 0 Å². The van der Waals surface area contributed by atoms with Crippen LogP contribution >= 0.6 is 27.7 Å². The number of nitrogen functional groups attached to an aromatic ring is 1. The van der Waals surface area contributed by atoms with E-state index in [-0.39, 0.29) is 10.2 Å². The second kappa shape index (κ2) is 6.95. The SMILES string of the molecule is CC(C(Sc1ccccc1N)c1ccc(Br)cc1)[N+](=O)[O-]. The molecule has 0 aliphatic carbocycles. The van der Waals surface area contributed by atoms with Crippen molar-refractivity contribution in [3.8, 4) is 0 Å². The van der Waals surface area contributed by atoms with Gasteiger partial charge in [-0.1, -0.05) is 40.2 Å². The number of nitrogens with zero attached hydrogens (tertiary/aromatic N) is 1. The lowest BCUT2D eigenvalue weighted by Gasteiger charge is -2.19. The van der Waals surface area contributed by atoms with Crippen LogP contribution < -0.4 is 5.73 Å². The van der Waals surface area contributed by atoms with E-state index in [4.69, 9.17) is 5.73 Å². The summed E-state index contributed by atoms with van der Waals surface area (Å²) in [4.78, 5) is 11.8. The predicted octanol–water partition coefficient (Wildman–Crippen LogP) is 4.53. The maximum absolute atomic E-state index is 11.2. The highest BCUT2D eigenvalue weighted by Gasteiger charge is 2.29. The lowest BCUT2D eigenvalue weighted by Crippen LogP contribution is -2.22. The molecular formula is C15H15BrN2O2S. The third-order valence-electron chi connectivity index (χ3n) is 3.14. The van der Waals surface area contributed by atoms with E-state index in [1.54, 1.807) is 13.0 Å². The summed E-state index contributed by atoms with van der Waals surface area (Å²) in [5.41, 5.74) is 7.50. The Labute approximate surface area is 136 Å². The Morgan fingerprint density at radius 2 is 1.81 bits per heavy atom. The number of nitro groups is 1. The Kier molecular flexibility index (Phi) is 5.25. The molecule has 0 bridgehead atoms. The topological polar surface area (TPSA) is 69.2 Å². The minimum absolute atomic E-state index is 0.251. The highest BCUT2D eigenvalue weighted by atomic mass is 79.9. The first-order chi connectivity index (χ1) is 9.99. The van der Waals surface area contributed by atoms with Crippen LogP contribution in [-0.4, -0.2) is 11.0 Å². The molecule has 0 saturated carbocycles. The molecule has 2 aromatic rings. The molecule has 2 unspecified atom stereocenters. The molecule has 0 saturated heterocycles. The van der Waals surface area contributed by atoms with Crippen molar-refractivity contribution in [1.82, 2.24) is 0 Å². The highest BCUT2D eigenvalue weighted by Crippen LogP contribution is 2.41. The van der Waals surface area contributed by atoms with Gasteiger partial charge >= 0.3 is 0 Å². The molecule has 0 aliphatic heterocycles. The van der Waals surface area contributed by atoms with Gasteiger partial charge in [0.1, 0.15) is 5.25 Å². The zero-order valence-corrected chi connectivity index (χ0v) is 13.8. The first-order valence-corrected chi connectivity index (χ1v) is 8.06. The third kappa shape index (κ3) is 3.98. The van der Waals surface area contributed by atoms with E-state index in [0.717, 1.165) is 14.9 Å². The van der Waals surface area contributed by atoms with E-state index in [9.17, 15) is 10.1 Å². The minimum Gasteiger partial charge on any atom is -0.398 e. The van der Waals surface area contributed by atoms with Gasteiger partial charge in [-0.3, -0.25) is 10.1 Å². The molecule has 0 spiro atoms. The van der Waals surface area contributed by atoms with Crippen LogP contribution in [0, 0.1) is 10.1 Å². The number of thioether (sulfide) groups is 1. The number of anilines is 1. The van der Waals surface area contributed by atoms with Crippen LogP contribution in [0.5, 0.6) is 0 Å². The fraction of sp³-hybridized carbons (Fsp3) is 0.200. The lowest BCUT2D eigenvalue weighted by atomic mass is 10.1. The van der Waals surface area contributed by atoms with Crippen LogP contribution in [0.3, 0.4) is 0 Å². The van der Waals surface area contributed by atoms with Gasteiger partial charge in [0.2, 0.25) is 6.04 Å². The van der Waals surface area contributed by atoms with E-state index >= 15 is 0 Å². The summed E-state index contributed by atoms with van der Waals surface area (Å²) in [6.45, 7) is 1.62. The fourth-order valence-corrected chi connectivity index (χ4v) is 3.42. The summed E-state index contributed by atoms with van der Waals surface area (Å²) < 4.78 is 0.947. The first-order valence-electron chi connectivity index (χ1n) is 6.39. The molecule has 2 aromatic carbocycles. The number of para-hydroxylation sites is 1. The van der Waals surface area contributed by atoms with E-state index in [1.165, 1.54) is 11.8 Å². The van der Waals surface area contributed by atoms with Gasteiger partial charge in [0.05, 0.1) is 0 Å². The number of hydrogen-bond donors (Lipinski definition) is 1. The molecule has 0 amide bonds. The van der Waals surface area contributed by atoms with Gasteiger partial charge in [0, 0.05) is 26.9 Å². The molecule has 6 heteroatoms. The van der Waals surface area contributed by atoms with Gasteiger partial charge in [-0.15, -0.1) is 11.8 Å². The van der Waals surface area contributed by atoms with Crippen molar-refractivity contribution in [2.45, 2.75) is 23.1 Å². The van der Waals surface area contributed by atoms with Crippen LogP contribution in [0.25, 0.3) is 0 Å². The van der Waals surface area contributed by atoms with E-state index < -0.39 is 6.04 Å². The third-order valence-corrected chi connectivity index (χ3v) is 5.22. The summed E-state index contributed by atoms with van der Waals surface area (Å²) in [6.07, 6.45) is 0. The molecule has 21 heavy (non-hydrogen) atoms. The van der Waals surface area contributed by atoms with Crippen LogP contribution in [0.4, 0.5) is 5.69 Å². The summed E-state index contributed by atoms with van der Waals surface area (Å²) in [5, 5.41) is 10.9. The molecule has 4 nitrogen and oxygen atoms in total. The van der Waals surface area contributed by atoms with Crippen molar-refractivity contribution >= 4 is 33.4 Å². The molecule has 0 heterocycles. The zero-order valence-electron chi connectivity index (χ0n) is 11.4. The van der Waals surface area contributed by atoms with Gasteiger partial charge in [0.25, 0.3) is 0 Å². The molecule has 2 atom stereocenters. The van der Waals surface area contributed by atoms with Gasteiger partial charge in [0.15, 0.2) is 0 Å². The van der Waals surface area contributed by atoms with Gasteiger partial charge in [-0.25, -0.2) is 0 Å². The Morgan fingerprint density at radius 3 is 2.38 bits per heavy atom. The molecule has 0 fully saturated rings. The Bertz CT molecular complexity index is 634. The van der Waals surface area contributed by atoms with Gasteiger partial charge < -0.3 is 5.73 Å². The monoisotopic (exact) mass is 366 g/mol. The molecular weight excluding hydrogens is 352 g/mol. The second-order valence-electron chi connectivity index (χ2n) is 4.65. The van der Waals surface area contributed by atoms with Crippen molar-refractivity contribution in [2.24, 2.45) is 0 Å². The maximum Gasteiger partial charge on any atom is 0.226 e. The number of rotatable bonds is 5. The summed E-state index contributed by atoms with van der Waals surface area (Å²) >= 11 is 4.81. The van der Waals surface area contributed by atoms with Crippen molar-refractivity contribution in [2.75, 3.05) is 5.73 Å². The molecule has 0 aromatic heterocycles. The van der Waals surface area contributed by atoms with Crippen molar-refractivity contribution in [1.29, 1.82) is 0 Å². The summed E-state index contributed by atoms with van der Waals surface area (Å²) in [6, 6.07) is 14.3. The first kappa shape index (κ1) is 15.9. The number of nitrogens with two attached hydrogens (primary N) is 1. The van der Waals surface area contributed by atoms with Crippen molar-refractivity contribution in [3.05, 3.63) is 68.7 Å². The molecule has 0 aliphatic rings. The highest BCUT2D eigenvalue weighted by molar-refractivity contribution is 9.10. The number of benzene rings is 2. The number of halogens is 1. The molecule has 110 valence electrons. The summed E-state index contributed by atoms with van der Waals surface area (Å²) in [7, 11) is 0. The molecule has 0 radical (unpaired) electrons. The quantitative estimate of drug-likeness (QED) is 0.365. The van der Waals surface area contributed by atoms with E-state index in [1.807, 2.05) is 42.5 Å². The minimum atomic E-state index is -0.712. The molecule has 2 rings (SSSR count). The van der Waals surface area contributed by atoms with Crippen LogP contribution in [-0.2, 0) is 0 Å². The number of hydrogen-bond acceptors (Lipinski definition) is 4. The second-order valence-corrected chi connectivity index (χ2v) is 6.75. The van der Waals surface area contributed by atoms with Crippen molar-refractivity contribution in [3.63, 3.8) is 0 Å². The standard InChI is InChI=1S/C15H15BrN2O2S/c1-10(18(19)20)15(11-6-8-12(16)9-7-11)21-14-5-3-2-4-13(14)17/h2-10,15H,17H2,1H3. The maximum atomic E-state index is 11.2. The average Bonchev–Trinajstić information content (AvgIpc) is 2.47. The van der Waals surface area contributed by atoms with E-state index in [2.05, 4.69) is 15.9 Å². The lowest BCUT2D eigenvalue weighted by molar-refractivity contribution is -0.518. The normalized spacial score (nSPS) is 13.6. The fourth-order valence-electron chi connectivity index (χ4n) is 1.93. The average molecular weight is 367 g/mol. The van der Waals surface area contributed by atoms with Gasteiger partial charge in [-0.2, -0.15) is 0 Å². The van der Waals surface area contributed by atoms with Crippen molar-refractivity contribution < 1.29 is 4.92 Å².